The molecule has 0 N–H and O–H groups in total. The lowest BCUT2D eigenvalue weighted by Gasteiger charge is -2.25. The van der Waals surface area contributed by atoms with E-state index in [4.69, 9.17) is 0 Å². The zero-order valence-electron chi connectivity index (χ0n) is 12.0. The summed E-state index contributed by atoms with van der Waals surface area (Å²) in [6.07, 6.45) is 7.60. The molecule has 1 aromatic carbocycles. The second-order valence-electron chi connectivity index (χ2n) is 6.70. The Kier molecular flexibility index (Phi) is 3.25. The number of hydrogen-bond acceptors (Lipinski definition) is 0. The van der Waals surface area contributed by atoms with Crippen LogP contribution in [0.3, 0.4) is 0 Å². The molecule has 4 rings (SSSR count). The molecule has 19 heavy (non-hydrogen) atoms. The van der Waals surface area contributed by atoms with Crippen molar-refractivity contribution in [2.75, 3.05) is 0 Å². The molecule has 2 heteroatoms. The number of benzene rings is 1. The van der Waals surface area contributed by atoms with Crippen molar-refractivity contribution < 1.29 is 0 Å². The Balaban J connectivity index is 1.86. The highest BCUT2D eigenvalue weighted by molar-refractivity contribution is 7.74. The Morgan fingerprint density at radius 2 is 1.26 bits per heavy atom. The fourth-order valence-electron chi connectivity index (χ4n) is 4.69. The molecule has 2 saturated heterocycles. The van der Waals surface area contributed by atoms with E-state index >= 15 is 0 Å². The van der Waals surface area contributed by atoms with Gasteiger partial charge in [-0.1, -0.05) is 54.0 Å². The number of hydrogen-bond donors (Lipinski definition) is 0. The monoisotopic (exact) mass is 290 g/mol. The Labute approximate surface area is 119 Å². The number of rotatable bonds is 0. The summed E-state index contributed by atoms with van der Waals surface area (Å²) in [6.45, 7) is 5.06. The molecule has 0 spiro atoms. The zero-order chi connectivity index (χ0) is 13.0. The van der Waals surface area contributed by atoms with Gasteiger partial charge in [0.05, 0.1) is 0 Å². The Hall–Kier alpha value is 0.0800. The fraction of sp³-hybridized carbons (Fsp3) is 0.647. The lowest BCUT2D eigenvalue weighted by molar-refractivity contribution is 0.643. The van der Waals surface area contributed by atoms with E-state index in [1.54, 1.807) is 6.42 Å². The quantitative estimate of drug-likeness (QED) is 0.621. The molecular formula is C17H24P2. The average Bonchev–Trinajstić information content (AvgIpc) is 2.90. The van der Waals surface area contributed by atoms with Crippen molar-refractivity contribution in [3.05, 3.63) is 24.3 Å². The van der Waals surface area contributed by atoms with Crippen molar-refractivity contribution in [3.8, 4) is 0 Å². The molecule has 0 amide bonds. The van der Waals surface area contributed by atoms with Crippen LogP contribution >= 0.6 is 15.8 Å². The van der Waals surface area contributed by atoms with Gasteiger partial charge < -0.3 is 0 Å². The van der Waals surface area contributed by atoms with E-state index in [9.17, 15) is 0 Å². The van der Waals surface area contributed by atoms with Gasteiger partial charge >= 0.3 is 0 Å². The summed E-state index contributed by atoms with van der Waals surface area (Å²) in [7, 11) is 0.298. The van der Waals surface area contributed by atoms with Crippen LogP contribution in [0, 0.1) is 0 Å². The van der Waals surface area contributed by atoms with Crippen LogP contribution in [0.5, 0.6) is 0 Å². The molecule has 0 aromatic heterocycles. The third-order valence-electron chi connectivity index (χ3n) is 5.55. The third kappa shape index (κ3) is 1.94. The third-order valence-corrected chi connectivity index (χ3v) is 12.6. The predicted molar refractivity (Wildman–Crippen MR) is 89.1 cm³/mol. The summed E-state index contributed by atoms with van der Waals surface area (Å²) in [4.78, 5) is 0. The van der Waals surface area contributed by atoms with Crippen molar-refractivity contribution >= 4 is 26.5 Å². The molecule has 3 aliphatic rings. The molecule has 0 saturated carbocycles. The van der Waals surface area contributed by atoms with Gasteiger partial charge in [-0.2, -0.15) is 0 Å². The minimum absolute atomic E-state index is 0.149. The topological polar surface area (TPSA) is 0 Å². The molecule has 102 valence electrons. The van der Waals surface area contributed by atoms with Crippen LogP contribution in [-0.2, 0) is 0 Å². The summed E-state index contributed by atoms with van der Waals surface area (Å²) in [5.74, 6) is 0. The fourth-order valence-corrected chi connectivity index (χ4v) is 12.6. The van der Waals surface area contributed by atoms with Gasteiger partial charge in [0.15, 0.2) is 0 Å². The van der Waals surface area contributed by atoms with Gasteiger partial charge in [-0.25, -0.2) is 0 Å². The smallest absolute Gasteiger partial charge is 0.0158 e. The van der Waals surface area contributed by atoms with Crippen LogP contribution in [0.25, 0.3) is 0 Å². The van der Waals surface area contributed by atoms with E-state index in [0.29, 0.717) is 0 Å². The molecule has 0 nitrogen and oxygen atoms in total. The summed E-state index contributed by atoms with van der Waals surface area (Å²) in [6, 6.07) is 9.62. The van der Waals surface area contributed by atoms with Gasteiger partial charge in [0.1, 0.15) is 0 Å². The van der Waals surface area contributed by atoms with Crippen molar-refractivity contribution in [1.82, 2.24) is 0 Å². The Morgan fingerprint density at radius 3 is 1.74 bits per heavy atom. The molecule has 2 fully saturated rings. The highest BCUT2D eigenvalue weighted by Crippen LogP contribution is 2.65. The van der Waals surface area contributed by atoms with Gasteiger partial charge in [0.25, 0.3) is 0 Å². The van der Waals surface area contributed by atoms with Gasteiger partial charge in [-0.05, 0) is 65.3 Å². The standard InChI is InChI=1S/C17H24P2/c1-12-7-9-14-11-15-10-8-13(2)19(15)17-6-4-3-5-16(17)18(12)14/h3-6,12-15H,7-11H2,1-2H3/t12-,13-,14+,15?,18?,19?/m0/s1. The SMILES string of the molecule is C[C@H]1CCC2C[C@H]3CC[C@H](C)P3c3ccccc3P21. The van der Waals surface area contributed by atoms with Crippen LogP contribution in [0.2, 0.25) is 0 Å². The lowest BCUT2D eigenvalue weighted by atomic mass is 10.1. The first-order valence-corrected chi connectivity index (χ1v) is 10.9. The average molecular weight is 290 g/mol. The van der Waals surface area contributed by atoms with Crippen LogP contribution in [0.4, 0.5) is 0 Å². The largest absolute Gasteiger partial charge is 0.0685 e. The predicted octanol–water partition coefficient (Wildman–Crippen LogP) is 4.41. The Bertz CT molecular complexity index is 441. The van der Waals surface area contributed by atoms with Crippen molar-refractivity contribution in [2.45, 2.75) is 68.6 Å². The Morgan fingerprint density at radius 1 is 0.789 bits per heavy atom. The summed E-state index contributed by atoms with van der Waals surface area (Å²) < 4.78 is 0. The van der Waals surface area contributed by atoms with Crippen LogP contribution < -0.4 is 10.6 Å². The molecular weight excluding hydrogens is 266 g/mol. The van der Waals surface area contributed by atoms with Gasteiger partial charge in [-0.3, -0.25) is 0 Å². The molecule has 3 heterocycles. The number of fused-ring (bicyclic) bond motifs is 5. The summed E-state index contributed by atoms with van der Waals surface area (Å²) >= 11 is 0. The zero-order valence-corrected chi connectivity index (χ0v) is 13.8. The molecule has 6 atom stereocenters. The maximum absolute atomic E-state index is 2.53. The van der Waals surface area contributed by atoms with E-state index < -0.39 is 0 Å². The van der Waals surface area contributed by atoms with E-state index in [0.717, 1.165) is 22.6 Å². The van der Waals surface area contributed by atoms with Crippen molar-refractivity contribution in [2.24, 2.45) is 0 Å². The van der Waals surface area contributed by atoms with Crippen molar-refractivity contribution in [3.63, 3.8) is 0 Å². The summed E-state index contributed by atoms with van der Waals surface area (Å²) in [5.41, 5.74) is 4.08. The second kappa shape index (κ2) is 4.82. The normalized spacial score (nSPS) is 44.3. The first-order valence-electron chi connectivity index (χ1n) is 7.91. The minimum Gasteiger partial charge on any atom is -0.0685 e. The van der Waals surface area contributed by atoms with E-state index in [-0.39, 0.29) is 15.8 Å². The van der Waals surface area contributed by atoms with Gasteiger partial charge in [0, 0.05) is 0 Å². The minimum atomic E-state index is 0.149. The first-order chi connectivity index (χ1) is 9.25. The van der Waals surface area contributed by atoms with Crippen LogP contribution in [-0.4, -0.2) is 22.6 Å². The first kappa shape index (κ1) is 12.8. The molecule has 1 aromatic rings. The van der Waals surface area contributed by atoms with Crippen LogP contribution in [0.1, 0.15) is 46.0 Å². The molecule has 3 unspecified atom stereocenters. The van der Waals surface area contributed by atoms with E-state index in [1.165, 1.54) is 25.7 Å². The lowest BCUT2D eigenvalue weighted by Crippen LogP contribution is -2.25. The molecule has 0 aliphatic carbocycles. The molecule has 0 bridgehead atoms. The van der Waals surface area contributed by atoms with Crippen molar-refractivity contribution in [1.29, 1.82) is 0 Å². The maximum Gasteiger partial charge on any atom is -0.0158 e. The van der Waals surface area contributed by atoms with Gasteiger partial charge in [0.2, 0.25) is 0 Å². The highest BCUT2D eigenvalue weighted by Gasteiger charge is 2.45. The van der Waals surface area contributed by atoms with Crippen LogP contribution in [0.15, 0.2) is 24.3 Å². The van der Waals surface area contributed by atoms with E-state index in [2.05, 4.69) is 38.1 Å². The maximum atomic E-state index is 2.53. The summed E-state index contributed by atoms with van der Waals surface area (Å²) in [5, 5.41) is 3.66. The van der Waals surface area contributed by atoms with E-state index in [1.807, 2.05) is 10.6 Å². The second-order valence-corrected chi connectivity index (χ2v) is 12.5. The van der Waals surface area contributed by atoms with Gasteiger partial charge in [-0.15, -0.1) is 0 Å². The molecule has 0 radical (unpaired) electrons. The molecule has 3 aliphatic heterocycles. The highest BCUT2D eigenvalue weighted by atomic mass is 31.1.